The van der Waals surface area contributed by atoms with Crippen LogP contribution in [-0.2, 0) is 9.59 Å². The molecule has 0 aliphatic carbocycles. The van der Waals surface area contributed by atoms with Gasteiger partial charge in [-0.2, -0.15) is 0 Å². The zero-order valence-corrected chi connectivity index (χ0v) is 16.1. The number of hydrogen-bond donors (Lipinski definition) is 1. The number of benzene rings is 2. The number of fused-ring (bicyclic) bond motifs is 1. The number of nitrogens with zero attached hydrogens (tertiary/aromatic N) is 2. The highest BCUT2D eigenvalue weighted by molar-refractivity contribution is 8.26. The smallest absolute Gasteiger partial charge is 0.305 e. The molecule has 3 aromatic rings. The van der Waals surface area contributed by atoms with E-state index in [1.54, 1.807) is 6.08 Å². The third-order valence-electron chi connectivity index (χ3n) is 4.26. The lowest BCUT2D eigenvalue weighted by molar-refractivity contribution is -0.137. The summed E-state index contributed by atoms with van der Waals surface area (Å²) in [7, 11) is 0. The van der Waals surface area contributed by atoms with Gasteiger partial charge in [0, 0.05) is 12.1 Å². The highest BCUT2D eigenvalue weighted by atomic mass is 32.2. The number of aromatic nitrogens is 1. The molecule has 1 aromatic heterocycles. The Labute approximate surface area is 169 Å². The van der Waals surface area contributed by atoms with Crippen molar-refractivity contribution in [2.75, 3.05) is 6.54 Å². The fraction of sp³-hybridized carbons (Fsp3) is 0.100. The van der Waals surface area contributed by atoms with E-state index < -0.39 is 5.97 Å². The van der Waals surface area contributed by atoms with E-state index in [9.17, 15) is 9.59 Å². The molecule has 0 spiro atoms. The molecule has 8 heteroatoms. The van der Waals surface area contributed by atoms with Crippen LogP contribution in [0.25, 0.3) is 28.3 Å². The monoisotopic (exact) mass is 410 g/mol. The minimum atomic E-state index is -0.968. The third kappa shape index (κ3) is 3.56. The molecule has 1 fully saturated rings. The average Bonchev–Trinajstić information content (AvgIpc) is 3.22. The summed E-state index contributed by atoms with van der Waals surface area (Å²) in [6.07, 6.45) is 1.61. The fourth-order valence-corrected chi connectivity index (χ4v) is 4.21. The molecule has 0 atom stereocenters. The molecule has 6 nitrogen and oxygen atoms in total. The number of rotatable bonds is 5. The van der Waals surface area contributed by atoms with Gasteiger partial charge in [-0.25, -0.2) is 0 Å². The number of amides is 1. The lowest BCUT2D eigenvalue weighted by Gasteiger charge is -2.12. The van der Waals surface area contributed by atoms with Crippen LogP contribution in [0, 0.1) is 0 Å². The molecule has 1 amide bonds. The summed E-state index contributed by atoms with van der Waals surface area (Å²) in [6, 6.07) is 15.3. The summed E-state index contributed by atoms with van der Waals surface area (Å²) in [4.78, 5) is 25.1. The van der Waals surface area contributed by atoms with E-state index in [-0.39, 0.29) is 18.9 Å². The lowest BCUT2D eigenvalue weighted by Crippen LogP contribution is -2.30. The molecule has 0 bridgehead atoms. The molecule has 0 saturated carbocycles. The first kappa shape index (κ1) is 18.4. The van der Waals surface area contributed by atoms with E-state index in [1.165, 1.54) is 16.7 Å². The van der Waals surface area contributed by atoms with Crippen LogP contribution in [0.5, 0.6) is 0 Å². The van der Waals surface area contributed by atoms with Gasteiger partial charge in [-0.15, -0.1) is 0 Å². The number of thioether (sulfide) groups is 1. The minimum Gasteiger partial charge on any atom is -0.481 e. The number of aliphatic carboxylic acids is 1. The van der Waals surface area contributed by atoms with Crippen molar-refractivity contribution in [2.45, 2.75) is 6.42 Å². The van der Waals surface area contributed by atoms with Crippen molar-refractivity contribution in [3.8, 4) is 11.3 Å². The maximum absolute atomic E-state index is 12.6. The van der Waals surface area contributed by atoms with Gasteiger partial charge in [0.2, 0.25) is 0 Å². The molecule has 2 heterocycles. The molecule has 28 heavy (non-hydrogen) atoms. The first-order valence-corrected chi connectivity index (χ1v) is 9.67. The van der Waals surface area contributed by atoms with E-state index in [1.807, 2.05) is 48.5 Å². The summed E-state index contributed by atoms with van der Waals surface area (Å²) in [5.74, 6) is -0.575. The number of carboxylic acids is 1. The minimum absolute atomic E-state index is 0.0696. The molecule has 0 radical (unpaired) electrons. The Hall–Kier alpha value is -2.97. The number of carboxylic acid groups (broad SMARTS) is 1. The van der Waals surface area contributed by atoms with Crippen molar-refractivity contribution < 1.29 is 19.2 Å². The summed E-state index contributed by atoms with van der Waals surface area (Å²) in [5, 5.41) is 13.8. The first-order valence-electron chi connectivity index (χ1n) is 8.45. The van der Waals surface area contributed by atoms with Crippen LogP contribution in [0.1, 0.15) is 12.0 Å². The number of carbonyl (C=O) groups excluding carboxylic acids is 1. The van der Waals surface area contributed by atoms with Crippen molar-refractivity contribution in [1.29, 1.82) is 0 Å². The van der Waals surface area contributed by atoms with E-state index >= 15 is 0 Å². The van der Waals surface area contributed by atoms with Gasteiger partial charge < -0.3 is 9.63 Å². The lowest BCUT2D eigenvalue weighted by atomic mass is 10.1. The SMILES string of the molecule is O=C(O)CCN1C(=O)/C(=C/c2ccc3noc(-c4ccccc4)c3c2)SC1=S. The average molecular weight is 410 g/mol. The first-order chi connectivity index (χ1) is 13.5. The topological polar surface area (TPSA) is 83.6 Å². The Kier molecular flexibility index (Phi) is 4.97. The molecule has 1 N–H and O–H groups in total. The Bertz CT molecular complexity index is 1120. The summed E-state index contributed by atoms with van der Waals surface area (Å²) in [6.45, 7) is 0.0696. The predicted molar refractivity (Wildman–Crippen MR) is 112 cm³/mol. The molecule has 2 aromatic carbocycles. The van der Waals surface area contributed by atoms with Crippen LogP contribution in [0.4, 0.5) is 0 Å². The van der Waals surface area contributed by atoms with Crippen molar-refractivity contribution in [3.05, 3.63) is 59.0 Å². The van der Waals surface area contributed by atoms with Crippen molar-refractivity contribution >= 4 is 57.2 Å². The molecule has 4 rings (SSSR count). The van der Waals surface area contributed by atoms with Crippen LogP contribution >= 0.6 is 24.0 Å². The maximum atomic E-state index is 12.6. The number of hydrogen-bond acceptors (Lipinski definition) is 6. The molecule has 1 aliphatic rings. The van der Waals surface area contributed by atoms with Gasteiger partial charge in [0.1, 0.15) is 9.84 Å². The third-order valence-corrected chi connectivity index (χ3v) is 5.63. The van der Waals surface area contributed by atoms with E-state index in [2.05, 4.69) is 5.16 Å². The van der Waals surface area contributed by atoms with Crippen molar-refractivity contribution in [3.63, 3.8) is 0 Å². The van der Waals surface area contributed by atoms with Gasteiger partial charge in [0.05, 0.1) is 16.7 Å². The molecular formula is C20H14N2O4S2. The molecule has 0 unspecified atom stereocenters. The number of thiocarbonyl (C=S) groups is 1. The van der Waals surface area contributed by atoms with E-state index in [0.717, 1.165) is 22.0 Å². The Morgan fingerprint density at radius 3 is 2.79 bits per heavy atom. The van der Waals surface area contributed by atoms with Crippen LogP contribution in [0.2, 0.25) is 0 Å². The van der Waals surface area contributed by atoms with Crippen LogP contribution in [0.15, 0.2) is 58.0 Å². The molecular weight excluding hydrogens is 396 g/mol. The highest BCUT2D eigenvalue weighted by Gasteiger charge is 2.32. The largest absolute Gasteiger partial charge is 0.481 e. The van der Waals surface area contributed by atoms with Crippen LogP contribution < -0.4 is 0 Å². The van der Waals surface area contributed by atoms with Crippen molar-refractivity contribution in [2.24, 2.45) is 0 Å². The summed E-state index contributed by atoms with van der Waals surface area (Å²) < 4.78 is 5.88. The zero-order valence-electron chi connectivity index (χ0n) is 14.5. The highest BCUT2D eigenvalue weighted by Crippen LogP contribution is 2.34. The van der Waals surface area contributed by atoms with Gasteiger partial charge in [0.25, 0.3) is 5.91 Å². The van der Waals surface area contributed by atoms with E-state index in [0.29, 0.717) is 15.0 Å². The van der Waals surface area contributed by atoms with E-state index in [4.69, 9.17) is 21.8 Å². The van der Waals surface area contributed by atoms with Gasteiger partial charge in [0.15, 0.2) is 5.76 Å². The normalized spacial score (nSPS) is 15.7. The Morgan fingerprint density at radius 2 is 2.04 bits per heavy atom. The molecule has 1 saturated heterocycles. The van der Waals surface area contributed by atoms with Crippen molar-refractivity contribution in [1.82, 2.24) is 10.1 Å². The quantitative estimate of drug-likeness (QED) is 0.499. The molecule has 140 valence electrons. The number of carbonyl (C=O) groups is 2. The predicted octanol–water partition coefficient (Wildman–Crippen LogP) is 4.17. The maximum Gasteiger partial charge on any atom is 0.305 e. The van der Waals surface area contributed by atoms with Gasteiger partial charge >= 0.3 is 5.97 Å². The van der Waals surface area contributed by atoms with Gasteiger partial charge in [-0.1, -0.05) is 65.5 Å². The summed E-state index contributed by atoms with van der Waals surface area (Å²) >= 11 is 6.39. The molecule has 1 aliphatic heterocycles. The second-order valence-electron chi connectivity index (χ2n) is 6.13. The fourth-order valence-electron chi connectivity index (χ4n) is 2.90. The van der Waals surface area contributed by atoms with Crippen LogP contribution in [0.3, 0.4) is 0 Å². The second-order valence-corrected chi connectivity index (χ2v) is 7.81. The Morgan fingerprint density at radius 1 is 1.25 bits per heavy atom. The van der Waals surface area contributed by atoms with Gasteiger partial charge in [-0.05, 0) is 23.8 Å². The zero-order chi connectivity index (χ0) is 19.7. The Balaban J connectivity index is 1.66. The summed E-state index contributed by atoms with van der Waals surface area (Å²) in [5.41, 5.74) is 2.46. The van der Waals surface area contributed by atoms with Crippen LogP contribution in [-0.4, -0.2) is 37.9 Å². The second kappa shape index (κ2) is 7.57. The van der Waals surface area contributed by atoms with Gasteiger partial charge in [-0.3, -0.25) is 14.5 Å². The standard InChI is InChI=1S/C20H14N2O4S2/c23-17(24)8-9-22-19(25)16(28-20(22)27)11-12-6-7-15-14(10-12)18(26-21-15)13-4-2-1-3-5-13/h1-7,10-11H,8-9H2,(H,23,24)/b16-11-.